The number of amides is 1. The molecule has 4 nitrogen and oxygen atoms in total. The fraction of sp³-hybridized carbons (Fsp3) is 0.185. The summed E-state index contributed by atoms with van der Waals surface area (Å²) in [4.78, 5) is 20.7. The minimum Gasteiger partial charge on any atom is -0.497 e. The van der Waals surface area contributed by atoms with Gasteiger partial charge in [0.2, 0.25) is 0 Å². The van der Waals surface area contributed by atoms with Gasteiger partial charge < -0.3 is 4.74 Å². The third-order valence-electron chi connectivity index (χ3n) is 5.66. The third kappa shape index (κ3) is 4.48. The van der Waals surface area contributed by atoms with E-state index in [9.17, 15) is 4.79 Å². The van der Waals surface area contributed by atoms with Gasteiger partial charge in [0.1, 0.15) is 5.75 Å². The molecule has 1 amide bonds. The predicted octanol–water partition coefficient (Wildman–Crippen LogP) is 6.74. The van der Waals surface area contributed by atoms with Crippen molar-refractivity contribution in [2.75, 3.05) is 12.0 Å². The number of rotatable bonds is 4. The lowest BCUT2D eigenvalue weighted by atomic mass is 10.1. The Balaban J connectivity index is 1.80. The number of carbonyl (C=O) groups excluding carboxylic acids is 1. The zero-order valence-corrected chi connectivity index (χ0v) is 19.8. The number of ether oxygens (including phenoxy) is 1. The van der Waals surface area contributed by atoms with Crippen molar-refractivity contribution in [2.24, 2.45) is 4.99 Å². The van der Waals surface area contributed by atoms with E-state index in [2.05, 4.69) is 39.8 Å². The molecule has 1 aliphatic rings. The average molecular weight is 443 g/mol. The summed E-state index contributed by atoms with van der Waals surface area (Å²) in [5.74, 6) is 0.675. The van der Waals surface area contributed by atoms with Gasteiger partial charge in [0.15, 0.2) is 5.17 Å². The first-order valence-electron chi connectivity index (χ1n) is 10.5. The summed E-state index contributed by atoms with van der Waals surface area (Å²) in [6.07, 6.45) is 1.90. The Morgan fingerprint density at radius 1 is 0.875 bits per heavy atom. The number of nitrogens with zero attached hydrogens (tertiary/aromatic N) is 2. The molecule has 0 radical (unpaired) electrons. The normalized spacial score (nSPS) is 16.3. The number of methoxy groups -OCH3 is 1. The summed E-state index contributed by atoms with van der Waals surface area (Å²) in [5, 5.41) is 0.649. The SMILES string of the molecule is COc1cccc(/C=C2/SC(=Nc3ccc(C)c(C)c3)N(c3ccc(C)c(C)c3)C2=O)c1. The van der Waals surface area contributed by atoms with Gasteiger partial charge in [0.05, 0.1) is 23.4 Å². The van der Waals surface area contributed by atoms with Crippen molar-refractivity contribution in [1.82, 2.24) is 0 Å². The van der Waals surface area contributed by atoms with E-state index in [-0.39, 0.29) is 5.91 Å². The van der Waals surface area contributed by atoms with E-state index in [0.717, 1.165) is 28.3 Å². The second-order valence-electron chi connectivity index (χ2n) is 7.96. The zero-order chi connectivity index (χ0) is 22.8. The van der Waals surface area contributed by atoms with Gasteiger partial charge in [-0.2, -0.15) is 0 Å². The molecule has 0 unspecified atom stereocenters. The fourth-order valence-electron chi connectivity index (χ4n) is 3.43. The van der Waals surface area contributed by atoms with E-state index >= 15 is 0 Å². The van der Waals surface area contributed by atoms with E-state index in [1.54, 1.807) is 12.0 Å². The highest BCUT2D eigenvalue weighted by Crippen LogP contribution is 2.38. The number of anilines is 1. The van der Waals surface area contributed by atoms with Gasteiger partial charge in [-0.05, 0) is 110 Å². The minimum atomic E-state index is -0.0799. The highest BCUT2D eigenvalue weighted by atomic mass is 32.2. The molecular weight excluding hydrogens is 416 g/mol. The molecule has 0 saturated carbocycles. The number of hydrogen-bond donors (Lipinski definition) is 0. The summed E-state index contributed by atoms with van der Waals surface area (Å²) in [5.41, 5.74) is 7.28. The molecule has 0 spiro atoms. The summed E-state index contributed by atoms with van der Waals surface area (Å²) in [7, 11) is 1.64. The smallest absolute Gasteiger partial charge is 0.271 e. The maximum atomic E-state index is 13.5. The van der Waals surface area contributed by atoms with Gasteiger partial charge in [-0.15, -0.1) is 0 Å². The molecule has 3 aromatic carbocycles. The molecule has 1 heterocycles. The summed E-state index contributed by atoms with van der Waals surface area (Å²) >= 11 is 1.39. The molecule has 0 aliphatic carbocycles. The van der Waals surface area contributed by atoms with Crippen LogP contribution in [0.25, 0.3) is 6.08 Å². The second kappa shape index (κ2) is 9.05. The number of thioether (sulfide) groups is 1. The van der Waals surface area contributed by atoms with E-state index in [1.807, 2.05) is 54.6 Å². The Labute approximate surface area is 193 Å². The molecule has 4 rings (SSSR count). The number of aryl methyl sites for hydroxylation is 4. The Bertz CT molecular complexity index is 1260. The van der Waals surface area contributed by atoms with Crippen LogP contribution in [0.4, 0.5) is 11.4 Å². The third-order valence-corrected chi connectivity index (χ3v) is 6.63. The van der Waals surface area contributed by atoms with Crippen LogP contribution in [0.5, 0.6) is 5.75 Å². The van der Waals surface area contributed by atoms with E-state index < -0.39 is 0 Å². The highest BCUT2D eigenvalue weighted by molar-refractivity contribution is 8.19. The molecular formula is C27H26N2O2S. The summed E-state index contributed by atoms with van der Waals surface area (Å²) in [6.45, 7) is 8.27. The molecule has 0 N–H and O–H groups in total. The molecule has 0 aromatic heterocycles. The van der Waals surface area contributed by atoms with Crippen LogP contribution in [-0.4, -0.2) is 18.2 Å². The van der Waals surface area contributed by atoms with Crippen molar-refractivity contribution in [3.05, 3.63) is 93.4 Å². The van der Waals surface area contributed by atoms with Crippen molar-refractivity contribution in [3.8, 4) is 5.75 Å². The lowest BCUT2D eigenvalue weighted by Crippen LogP contribution is -2.28. The predicted molar refractivity (Wildman–Crippen MR) is 135 cm³/mol. The van der Waals surface area contributed by atoms with Crippen LogP contribution < -0.4 is 9.64 Å². The standard InChI is InChI=1S/C27H26N2O2S/c1-17-9-11-22(13-19(17)3)28-27-29(23-12-10-18(2)20(4)14-23)26(30)25(32-27)16-21-7-6-8-24(15-21)31-5/h6-16H,1-5H3/b25-16+,28-27?. The van der Waals surface area contributed by atoms with Crippen LogP contribution in [-0.2, 0) is 4.79 Å². The van der Waals surface area contributed by atoms with Crippen LogP contribution in [0.15, 0.2) is 70.6 Å². The molecule has 1 saturated heterocycles. The number of benzene rings is 3. The lowest BCUT2D eigenvalue weighted by molar-refractivity contribution is -0.113. The first-order chi connectivity index (χ1) is 15.4. The van der Waals surface area contributed by atoms with Gasteiger partial charge >= 0.3 is 0 Å². The molecule has 0 bridgehead atoms. The van der Waals surface area contributed by atoms with E-state index in [1.165, 1.54) is 28.5 Å². The van der Waals surface area contributed by atoms with E-state index in [0.29, 0.717) is 10.1 Å². The quantitative estimate of drug-likeness (QED) is 0.420. The van der Waals surface area contributed by atoms with Gasteiger partial charge in [0.25, 0.3) is 5.91 Å². The number of hydrogen-bond acceptors (Lipinski definition) is 4. The monoisotopic (exact) mass is 442 g/mol. The van der Waals surface area contributed by atoms with Crippen LogP contribution in [0.3, 0.4) is 0 Å². The largest absolute Gasteiger partial charge is 0.497 e. The maximum absolute atomic E-state index is 13.5. The highest BCUT2D eigenvalue weighted by Gasteiger charge is 2.35. The number of aliphatic imine (C=N–C) groups is 1. The summed E-state index contributed by atoms with van der Waals surface area (Å²) < 4.78 is 5.33. The van der Waals surface area contributed by atoms with Gasteiger partial charge in [-0.3, -0.25) is 9.69 Å². The van der Waals surface area contributed by atoms with Crippen LogP contribution >= 0.6 is 11.8 Å². The van der Waals surface area contributed by atoms with Gasteiger partial charge in [-0.1, -0.05) is 24.3 Å². The maximum Gasteiger partial charge on any atom is 0.271 e. The number of amidine groups is 1. The van der Waals surface area contributed by atoms with Gasteiger partial charge in [-0.25, -0.2) is 4.99 Å². The zero-order valence-electron chi connectivity index (χ0n) is 19.0. The molecule has 1 fully saturated rings. The Morgan fingerprint density at radius 2 is 1.59 bits per heavy atom. The molecule has 3 aromatic rings. The first kappa shape index (κ1) is 21.9. The Hall–Kier alpha value is -3.31. The van der Waals surface area contributed by atoms with Crippen molar-refractivity contribution in [1.29, 1.82) is 0 Å². The van der Waals surface area contributed by atoms with Crippen LogP contribution in [0.1, 0.15) is 27.8 Å². The minimum absolute atomic E-state index is 0.0799. The van der Waals surface area contributed by atoms with Crippen molar-refractivity contribution >= 4 is 40.3 Å². The van der Waals surface area contributed by atoms with E-state index in [4.69, 9.17) is 9.73 Å². The molecule has 0 atom stereocenters. The first-order valence-corrected chi connectivity index (χ1v) is 11.3. The average Bonchev–Trinajstić information content (AvgIpc) is 3.07. The summed E-state index contributed by atoms with van der Waals surface area (Å²) in [6, 6.07) is 19.8. The second-order valence-corrected chi connectivity index (χ2v) is 8.97. The topological polar surface area (TPSA) is 41.9 Å². The molecule has 162 valence electrons. The fourth-order valence-corrected chi connectivity index (χ4v) is 4.43. The lowest BCUT2D eigenvalue weighted by Gasteiger charge is -2.17. The molecule has 1 aliphatic heterocycles. The van der Waals surface area contributed by atoms with Gasteiger partial charge in [0, 0.05) is 0 Å². The van der Waals surface area contributed by atoms with Crippen molar-refractivity contribution in [3.63, 3.8) is 0 Å². The Kier molecular flexibility index (Phi) is 6.19. The van der Waals surface area contributed by atoms with Crippen LogP contribution in [0.2, 0.25) is 0 Å². The molecule has 32 heavy (non-hydrogen) atoms. The van der Waals surface area contributed by atoms with Crippen molar-refractivity contribution in [2.45, 2.75) is 27.7 Å². The molecule has 5 heteroatoms. The van der Waals surface area contributed by atoms with Crippen LogP contribution in [0, 0.1) is 27.7 Å². The van der Waals surface area contributed by atoms with Crippen molar-refractivity contribution < 1.29 is 9.53 Å². The number of carbonyl (C=O) groups is 1. The Morgan fingerprint density at radius 3 is 2.28 bits per heavy atom.